The van der Waals surface area contributed by atoms with Crippen molar-refractivity contribution in [1.29, 1.82) is 0 Å². The number of rotatable bonds is 7. The van der Waals surface area contributed by atoms with Gasteiger partial charge in [-0.15, -0.1) is 35.3 Å². The third-order valence-electron chi connectivity index (χ3n) is 3.33. The van der Waals surface area contributed by atoms with Gasteiger partial charge in [-0.05, 0) is 37.6 Å². The van der Waals surface area contributed by atoms with Crippen molar-refractivity contribution in [2.45, 2.75) is 32.2 Å². The summed E-state index contributed by atoms with van der Waals surface area (Å²) < 4.78 is 0. The molecule has 1 aliphatic carbocycles. The van der Waals surface area contributed by atoms with Crippen LogP contribution in [0.3, 0.4) is 0 Å². The number of thiophene rings is 1. The first-order chi connectivity index (χ1) is 10.8. The van der Waals surface area contributed by atoms with E-state index in [9.17, 15) is 4.79 Å². The van der Waals surface area contributed by atoms with Crippen molar-refractivity contribution < 1.29 is 4.79 Å². The van der Waals surface area contributed by atoms with Crippen LogP contribution in [0.4, 0.5) is 0 Å². The quantitative estimate of drug-likeness (QED) is 0.198. The van der Waals surface area contributed by atoms with E-state index in [1.165, 1.54) is 11.3 Å². The molecule has 0 fully saturated rings. The fourth-order valence-electron chi connectivity index (χ4n) is 2.22. The molecule has 0 radical (unpaired) electrons. The van der Waals surface area contributed by atoms with Gasteiger partial charge < -0.3 is 16.0 Å². The number of carbonyl (C=O) groups excluding carboxylic acids is 1. The number of hydrogen-bond donors (Lipinski definition) is 3. The molecule has 0 saturated heterocycles. The number of guanidine groups is 1. The minimum atomic E-state index is 0. The van der Waals surface area contributed by atoms with Gasteiger partial charge >= 0.3 is 0 Å². The van der Waals surface area contributed by atoms with Gasteiger partial charge in [0.25, 0.3) is 5.91 Å². The smallest absolute Gasteiger partial charge is 0.261 e. The Balaban J connectivity index is 0.00000264. The number of nitrogens with zero attached hydrogens (tertiary/aromatic N) is 1. The monoisotopic (exact) mass is 448 g/mol. The molecule has 2 rings (SSSR count). The Morgan fingerprint density at radius 2 is 2.13 bits per heavy atom. The Morgan fingerprint density at radius 1 is 1.35 bits per heavy atom. The molecular formula is C16H25IN4OS. The third kappa shape index (κ3) is 7.34. The van der Waals surface area contributed by atoms with E-state index in [-0.39, 0.29) is 29.9 Å². The largest absolute Gasteiger partial charge is 0.357 e. The predicted molar refractivity (Wildman–Crippen MR) is 108 cm³/mol. The van der Waals surface area contributed by atoms with Gasteiger partial charge in [-0.3, -0.25) is 9.79 Å². The van der Waals surface area contributed by atoms with Gasteiger partial charge in [0, 0.05) is 25.7 Å². The zero-order valence-electron chi connectivity index (χ0n) is 13.4. The predicted octanol–water partition coefficient (Wildman–Crippen LogP) is 2.76. The Bertz CT molecular complexity index is 508. The Kier molecular flexibility index (Phi) is 9.93. The highest BCUT2D eigenvalue weighted by atomic mass is 127. The maximum absolute atomic E-state index is 11.8. The van der Waals surface area contributed by atoms with E-state index in [4.69, 9.17) is 0 Å². The zero-order valence-corrected chi connectivity index (χ0v) is 16.5. The highest BCUT2D eigenvalue weighted by molar-refractivity contribution is 14.0. The number of hydrogen-bond acceptors (Lipinski definition) is 3. The van der Waals surface area contributed by atoms with E-state index in [2.05, 4.69) is 40.0 Å². The van der Waals surface area contributed by atoms with Gasteiger partial charge in [-0.25, -0.2) is 0 Å². The highest BCUT2D eigenvalue weighted by Gasteiger charge is 2.11. The summed E-state index contributed by atoms with van der Waals surface area (Å²) in [4.78, 5) is 17.1. The van der Waals surface area contributed by atoms with Crippen molar-refractivity contribution in [2.75, 3.05) is 19.6 Å². The minimum absolute atomic E-state index is 0. The summed E-state index contributed by atoms with van der Waals surface area (Å²) >= 11 is 1.46. The van der Waals surface area contributed by atoms with Crippen LogP contribution >= 0.6 is 35.3 Å². The molecule has 1 heterocycles. The SMILES string of the molecule is CCNC(=NCCCNC(=O)c1cccs1)NC1CC=CC1.I. The minimum Gasteiger partial charge on any atom is -0.357 e. The number of halogens is 1. The standard InChI is InChI=1S/C16H24N4OS.HI/c1-2-17-16(20-13-7-3-4-8-13)19-11-6-10-18-15(21)14-9-5-12-22-14;/h3-5,9,12-13H,2,6-8,10-11H2,1H3,(H,18,21)(H2,17,19,20);1H. The van der Waals surface area contributed by atoms with Crippen LogP contribution in [0, 0.1) is 0 Å². The van der Waals surface area contributed by atoms with Gasteiger partial charge in [0.1, 0.15) is 0 Å². The van der Waals surface area contributed by atoms with Crippen LogP contribution < -0.4 is 16.0 Å². The molecule has 0 aliphatic heterocycles. The van der Waals surface area contributed by atoms with E-state index in [0.717, 1.165) is 36.6 Å². The molecule has 0 bridgehead atoms. The van der Waals surface area contributed by atoms with Crippen LogP contribution in [0.25, 0.3) is 0 Å². The Labute approximate surface area is 159 Å². The van der Waals surface area contributed by atoms with Gasteiger partial charge in [-0.2, -0.15) is 0 Å². The molecule has 1 aromatic heterocycles. The first kappa shape index (κ1) is 20.0. The lowest BCUT2D eigenvalue weighted by molar-refractivity contribution is 0.0957. The molecule has 0 aromatic carbocycles. The topological polar surface area (TPSA) is 65.5 Å². The van der Waals surface area contributed by atoms with Crippen LogP contribution in [0.2, 0.25) is 0 Å². The average molecular weight is 448 g/mol. The van der Waals surface area contributed by atoms with Crippen molar-refractivity contribution in [3.05, 3.63) is 34.5 Å². The second-order valence-electron chi connectivity index (χ2n) is 5.13. The first-order valence-electron chi connectivity index (χ1n) is 7.81. The van der Waals surface area contributed by atoms with E-state index in [0.29, 0.717) is 19.1 Å². The first-order valence-corrected chi connectivity index (χ1v) is 8.69. The van der Waals surface area contributed by atoms with Gasteiger partial charge in [0.15, 0.2) is 5.96 Å². The number of aliphatic imine (C=N–C) groups is 1. The molecule has 1 amide bonds. The summed E-state index contributed by atoms with van der Waals surface area (Å²) in [5.41, 5.74) is 0. The molecule has 5 nitrogen and oxygen atoms in total. The number of nitrogens with one attached hydrogen (secondary N) is 3. The fraction of sp³-hybridized carbons (Fsp3) is 0.500. The average Bonchev–Trinajstić information content (AvgIpc) is 3.20. The van der Waals surface area contributed by atoms with Crippen LogP contribution in [-0.4, -0.2) is 37.5 Å². The van der Waals surface area contributed by atoms with Gasteiger partial charge in [0.2, 0.25) is 0 Å². The molecule has 23 heavy (non-hydrogen) atoms. The summed E-state index contributed by atoms with van der Waals surface area (Å²) in [6.07, 6.45) is 7.34. The maximum Gasteiger partial charge on any atom is 0.261 e. The molecule has 0 spiro atoms. The fourth-order valence-corrected chi connectivity index (χ4v) is 2.86. The molecule has 0 saturated carbocycles. The lowest BCUT2D eigenvalue weighted by Gasteiger charge is -2.16. The number of amides is 1. The van der Waals surface area contributed by atoms with Gasteiger partial charge in [-0.1, -0.05) is 18.2 Å². The van der Waals surface area contributed by atoms with Crippen molar-refractivity contribution in [2.24, 2.45) is 4.99 Å². The van der Waals surface area contributed by atoms with Crippen LogP contribution in [-0.2, 0) is 0 Å². The Morgan fingerprint density at radius 3 is 2.78 bits per heavy atom. The molecule has 128 valence electrons. The van der Waals surface area contributed by atoms with Crippen LogP contribution in [0.15, 0.2) is 34.7 Å². The van der Waals surface area contributed by atoms with E-state index >= 15 is 0 Å². The molecular weight excluding hydrogens is 423 g/mol. The number of carbonyl (C=O) groups is 1. The Hall–Kier alpha value is -1.09. The molecule has 3 N–H and O–H groups in total. The second kappa shape index (κ2) is 11.4. The zero-order chi connectivity index (χ0) is 15.6. The molecule has 7 heteroatoms. The maximum atomic E-state index is 11.8. The molecule has 0 atom stereocenters. The van der Waals surface area contributed by atoms with Gasteiger partial charge in [0.05, 0.1) is 4.88 Å². The van der Waals surface area contributed by atoms with Crippen molar-refractivity contribution in [3.63, 3.8) is 0 Å². The summed E-state index contributed by atoms with van der Waals surface area (Å²) in [5, 5.41) is 11.5. The molecule has 0 unspecified atom stereocenters. The van der Waals surface area contributed by atoms with E-state index in [1.807, 2.05) is 17.5 Å². The lowest BCUT2D eigenvalue weighted by Crippen LogP contribution is -2.42. The summed E-state index contributed by atoms with van der Waals surface area (Å²) in [6.45, 7) is 4.25. The second-order valence-corrected chi connectivity index (χ2v) is 6.08. The van der Waals surface area contributed by atoms with Crippen molar-refractivity contribution in [3.8, 4) is 0 Å². The molecule has 1 aliphatic rings. The summed E-state index contributed by atoms with van der Waals surface area (Å²) in [6, 6.07) is 4.17. The lowest BCUT2D eigenvalue weighted by atomic mass is 10.2. The normalized spacial score (nSPS) is 14.4. The summed E-state index contributed by atoms with van der Waals surface area (Å²) in [7, 11) is 0. The highest BCUT2D eigenvalue weighted by Crippen LogP contribution is 2.09. The molecule has 1 aromatic rings. The van der Waals surface area contributed by atoms with Crippen molar-refractivity contribution in [1.82, 2.24) is 16.0 Å². The summed E-state index contributed by atoms with van der Waals surface area (Å²) in [5.74, 6) is 0.863. The van der Waals surface area contributed by atoms with Crippen molar-refractivity contribution >= 4 is 47.2 Å². The third-order valence-corrected chi connectivity index (χ3v) is 4.20. The van der Waals surface area contributed by atoms with Crippen LogP contribution in [0.1, 0.15) is 35.9 Å². The van der Waals surface area contributed by atoms with E-state index in [1.54, 1.807) is 0 Å². The van der Waals surface area contributed by atoms with Crippen LogP contribution in [0.5, 0.6) is 0 Å². The van der Waals surface area contributed by atoms with E-state index < -0.39 is 0 Å².